The maximum Gasteiger partial charge on any atom is 0.237 e. The maximum atomic E-state index is 11.7. The molecule has 3 N–H and O–H groups in total. The summed E-state index contributed by atoms with van der Waals surface area (Å²) in [4.78, 5) is 11.7. The van der Waals surface area contributed by atoms with Gasteiger partial charge in [0.15, 0.2) is 0 Å². The Bertz CT molecular complexity index is 326. The number of carbonyl (C=O) groups is 1. The second-order valence-electron chi connectivity index (χ2n) is 6.33. The van der Waals surface area contributed by atoms with E-state index < -0.39 is 5.54 Å². The monoisotopic (exact) mass is 252 g/mol. The number of ether oxygens (including phenoxy) is 1. The zero-order valence-corrected chi connectivity index (χ0v) is 11.0. The molecule has 3 aliphatic rings. The van der Waals surface area contributed by atoms with Crippen LogP contribution < -0.4 is 11.1 Å². The van der Waals surface area contributed by atoms with Crippen LogP contribution in [0.1, 0.15) is 51.4 Å². The van der Waals surface area contributed by atoms with Crippen molar-refractivity contribution in [3.8, 4) is 0 Å². The largest absolute Gasteiger partial charge is 0.378 e. The lowest BCUT2D eigenvalue weighted by atomic mass is 9.96. The molecule has 2 unspecified atom stereocenters. The van der Waals surface area contributed by atoms with Crippen LogP contribution in [0.15, 0.2) is 0 Å². The minimum absolute atomic E-state index is 0.192. The van der Waals surface area contributed by atoms with Gasteiger partial charge in [-0.2, -0.15) is 0 Å². The van der Waals surface area contributed by atoms with Crippen molar-refractivity contribution in [2.75, 3.05) is 6.61 Å². The molecule has 0 spiro atoms. The average molecular weight is 252 g/mol. The van der Waals surface area contributed by atoms with Crippen LogP contribution in [-0.2, 0) is 9.53 Å². The van der Waals surface area contributed by atoms with Crippen LogP contribution in [0.25, 0.3) is 0 Å². The minimum atomic E-state index is -0.481. The molecule has 0 radical (unpaired) electrons. The Morgan fingerprint density at radius 1 is 1.28 bits per heavy atom. The first kappa shape index (κ1) is 12.4. The molecule has 3 rings (SSSR count). The fourth-order valence-corrected chi connectivity index (χ4v) is 2.99. The van der Waals surface area contributed by atoms with Gasteiger partial charge >= 0.3 is 0 Å². The zero-order valence-electron chi connectivity index (χ0n) is 11.0. The molecule has 0 bridgehead atoms. The molecule has 0 saturated heterocycles. The van der Waals surface area contributed by atoms with Gasteiger partial charge in [-0.15, -0.1) is 0 Å². The Hall–Kier alpha value is -0.610. The van der Waals surface area contributed by atoms with Crippen LogP contribution in [0, 0.1) is 5.92 Å². The highest BCUT2D eigenvalue weighted by molar-refractivity contribution is 5.85. The van der Waals surface area contributed by atoms with Crippen LogP contribution in [0.3, 0.4) is 0 Å². The minimum Gasteiger partial charge on any atom is -0.378 e. The Balaban J connectivity index is 1.48. The van der Waals surface area contributed by atoms with Gasteiger partial charge in [0.2, 0.25) is 5.91 Å². The molecular weight excluding hydrogens is 228 g/mol. The van der Waals surface area contributed by atoms with E-state index in [1.807, 2.05) is 0 Å². The molecule has 4 nitrogen and oxygen atoms in total. The number of carbonyl (C=O) groups excluding carboxylic acids is 1. The van der Waals surface area contributed by atoms with E-state index in [4.69, 9.17) is 10.5 Å². The summed E-state index contributed by atoms with van der Waals surface area (Å²) in [7, 11) is 0. The summed E-state index contributed by atoms with van der Waals surface area (Å²) in [6.45, 7) is 0.855. The molecule has 2 atom stereocenters. The second-order valence-corrected chi connectivity index (χ2v) is 6.33. The van der Waals surface area contributed by atoms with E-state index in [0.29, 0.717) is 6.04 Å². The molecule has 3 aliphatic carbocycles. The summed E-state index contributed by atoms with van der Waals surface area (Å²) in [5.41, 5.74) is 5.12. The Labute approximate surface area is 109 Å². The molecule has 0 aromatic rings. The molecule has 102 valence electrons. The van der Waals surface area contributed by atoms with Gasteiger partial charge in [-0.05, 0) is 38.0 Å². The number of hydrogen-bond donors (Lipinski definition) is 2. The lowest BCUT2D eigenvalue weighted by molar-refractivity contribution is -0.124. The third kappa shape index (κ3) is 2.86. The van der Waals surface area contributed by atoms with E-state index >= 15 is 0 Å². The van der Waals surface area contributed by atoms with Crippen molar-refractivity contribution in [1.82, 2.24) is 5.32 Å². The normalized spacial score (nSPS) is 35.9. The van der Waals surface area contributed by atoms with Crippen molar-refractivity contribution >= 4 is 5.91 Å². The summed E-state index contributed by atoms with van der Waals surface area (Å²) in [5.74, 6) is 0.722. The van der Waals surface area contributed by atoms with Crippen LogP contribution in [-0.4, -0.2) is 30.2 Å². The Kier molecular flexibility index (Phi) is 3.32. The third-order valence-electron chi connectivity index (χ3n) is 4.58. The maximum absolute atomic E-state index is 11.7. The number of primary amides is 1. The number of nitrogens with two attached hydrogens (primary N) is 1. The number of nitrogens with one attached hydrogen (secondary N) is 1. The Morgan fingerprint density at radius 3 is 2.67 bits per heavy atom. The highest BCUT2D eigenvalue weighted by Gasteiger charge is 2.47. The molecule has 0 aromatic heterocycles. The average Bonchev–Trinajstić information content (AvgIpc) is 3.22. The first-order chi connectivity index (χ1) is 8.68. The lowest BCUT2D eigenvalue weighted by Gasteiger charge is -2.27. The fourth-order valence-electron chi connectivity index (χ4n) is 2.99. The standard InChI is InChI=1S/C14H24N2O2/c15-13(17)14(16-11-3-4-11)7-5-12(9-14)18-8-6-10-1-2-10/h10-12,16H,1-9H2,(H2,15,17). The van der Waals surface area contributed by atoms with Gasteiger partial charge in [0, 0.05) is 19.1 Å². The van der Waals surface area contributed by atoms with Crippen molar-refractivity contribution < 1.29 is 9.53 Å². The molecule has 1 amide bonds. The summed E-state index contributed by atoms with van der Waals surface area (Å²) < 4.78 is 5.91. The van der Waals surface area contributed by atoms with Gasteiger partial charge in [0.05, 0.1) is 6.10 Å². The van der Waals surface area contributed by atoms with Crippen molar-refractivity contribution in [1.29, 1.82) is 0 Å². The van der Waals surface area contributed by atoms with E-state index in [9.17, 15) is 4.79 Å². The van der Waals surface area contributed by atoms with E-state index in [1.165, 1.54) is 32.1 Å². The first-order valence-electron chi connectivity index (χ1n) is 7.37. The van der Waals surface area contributed by atoms with Gasteiger partial charge in [-0.1, -0.05) is 12.8 Å². The van der Waals surface area contributed by atoms with Crippen LogP contribution in [0.4, 0.5) is 0 Å². The first-order valence-corrected chi connectivity index (χ1v) is 7.37. The summed E-state index contributed by atoms with van der Waals surface area (Å²) in [6, 6.07) is 0.516. The third-order valence-corrected chi connectivity index (χ3v) is 4.58. The topological polar surface area (TPSA) is 64.4 Å². The second kappa shape index (κ2) is 4.82. The molecule has 18 heavy (non-hydrogen) atoms. The van der Waals surface area contributed by atoms with E-state index in [0.717, 1.165) is 31.8 Å². The highest BCUT2D eigenvalue weighted by atomic mass is 16.5. The zero-order chi connectivity index (χ0) is 12.6. The molecular formula is C14H24N2O2. The van der Waals surface area contributed by atoms with Crippen molar-refractivity contribution in [3.05, 3.63) is 0 Å². The predicted octanol–water partition coefficient (Wildman–Crippen LogP) is 1.33. The van der Waals surface area contributed by atoms with Gasteiger partial charge in [0.25, 0.3) is 0 Å². The van der Waals surface area contributed by atoms with Gasteiger partial charge in [0.1, 0.15) is 5.54 Å². The molecule has 4 heteroatoms. The van der Waals surface area contributed by atoms with Crippen molar-refractivity contribution in [2.45, 2.75) is 69.1 Å². The quantitative estimate of drug-likeness (QED) is 0.718. The lowest BCUT2D eigenvalue weighted by Crippen LogP contribution is -2.54. The summed E-state index contributed by atoms with van der Waals surface area (Å²) in [6.07, 6.45) is 9.11. The summed E-state index contributed by atoms with van der Waals surface area (Å²) >= 11 is 0. The van der Waals surface area contributed by atoms with Crippen LogP contribution in [0.2, 0.25) is 0 Å². The molecule has 0 heterocycles. The molecule has 3 fully saturated rings. The Morgan fingerprint density at radius 2 is 2.06 bits per heavy atom. The molecule has 0 aromatic carbocycles. The van der Waals surface area contributed by atoms with Gasteiger partial charge in [-0.3, -0.25) is 4.79 Å². The number of hydrogen-bond acceptors (Lipinski definition) is 3. The SMILES string of the molecule is NC(=O)C1(NC2CC2)CCC(OCCC2CC2)C1. The van der Waals surface area contributed by atoms with E-state index in [2.05, 4.69) is 5.32 Å². The van der Waals surface area contributed by atoms with E-state index in [1.54, 1.807) is 0 Å². The van der Waals surface area contributed by atoms with Crippen molar-refractivity contribution in [2.24, 2.45) is 11.7 Å². The van der Waals surface area contributed by atoms with Crippen molar-refractivity contribution in [3.63, 3.8) is 0 Å². The van der Waals surface area contributed by atoms with Gasteiger partial charge < -0.3 is 15.8 Å². The molecule has 0 aliphatic heterocycles. The predicted molar refractivity (Wildman–Crippen MR) is 69.0 cm³/mol. The number of amides is 1. The molecule has 3 saturated carbocycles. The van der Waals surface area contributed by atoms with Crippen LogP contribution in [0.5, 0.6) is 0 Å². The van der Waals surface area contributed by atoms with Crippen LogP contribution >= 0.6 is 0 Å². The smallest absolute Gasteiger partial charge is 0.237 e. The number of rotatable bonds is 7. The fraction of sp³-hybridized carbons (Fsp3) is 0.929. The summed E-state index contributed by atoms with van der Waals surface area (Å²) in [5, 5.41) is 3.45. The van der Waals surface area contributed by atoms with E-state index in [-0.39, 0.29) is 12.0 Å². The van der Waals surface area contributed by atoms with Gasteiger partial charge in [-0.25, -0.2) is 0 Å². The highest BCUT2D eigenvalue weighted by Crippen LogP contribution is 2.36.